The highest BCUT2D eigenvalue weighted by molar-refractivity contribution is 5.88. The summed E-state index contributed by atoms with van der Waals surface area (Å²) >= 11 is 0. The standard InChI is InChI=1S/C26H38N6/c1-5-10-21(4)24-28-25(31-15-9-14-30(17-18-31)16-13-20(2)3)23-19-27-32(26(23)29-24)22-11-7-6-8-12-22/h6-8,11-12,19-21H,5,9-10,13-18H2,1-4H3. The Hall–Kier alpha value is -2.47. The SMILES string of the molecule is CCCC(C)c1nc(N2CCCN(CCC(C)C)CC2)c2cnn(-c3ccccc3)c2n1. The molecule has 3 heterocycles. The van der Waals surface area contributed by atoms with Gasteiger partial charge < -0.3 is 9.80 Å². The fraction of sp³-hybridized carbons (Fsp3) is 0.577. The molecule has 172 valence electrons. The van der Waals surface area contributed by atoms with Crippen LogP contribution in [0.4, 0.5) is 5.82 Å². The molecule has 1 unspecified atom stereocenters. The molecule has 0 bridgehead atoms. The summed E-state index contributed by atoms with van der Waals surface area (Å²) in [6.45, 7) is 14.6. The van der Waals surface area contributed by atoms with E-state index in [4.69, 9.17) is 15.1 Å². The first-order valence-corrected chi connectivity index (χ1v) is 12.3. The quantitative estimate of drug-likeness (QED) is 0.483. The molecule has 6 nitrogen and oxygen atoms in total. The predicted molar refractivity (Wildman–Crippen MR) is 133 cm³/mol. The normalized spacial score (nSPS) is 16.6. The minimum absolute atomic E-state index is 0.330. The number of para-hydroxylation sites is 1. The van der Waals surface area contributed by atoms with Crippen LogP contribution in [-0.4, -0.2) is 57.4 Å². The fourth-order valence-electron chi connectivity index (χ4n) is 4.54. The molecule has 0 spiro atoms. The van der Waals surface area contributed by atoms with Gasteiger partial charge in [-0.1, -0.05) is 52.3 Å². The first kappa shape index (κ1) is 22.7. The van der Waals surface area contributed by atoms with Crippen molar-refractivity contribution < 1.29 is 0 Å². The monoisotopic (exact) mass is 434 g/mol. The van der Waals surface area contributed by atoms with Gasteiger partial charge in [0.25, 0.3) is 0 Å². The smallest absolute Gasteiger partial charge is 0.168 e. The summed E-state index contributed by atoms with van der Waals surface area (Å²) in [5, 5.41) is 5.78. The van der Waals surface area contributed by atoms with Crippen LogP contribution in [0.5, 0.6) is 0 Å². The van der Waals surface area contributed by atoms with E-state index >= 15 is 0 Å². The first-order valence-electron chi connectivity index (χ1n) is 12.3. The molecule has 3 aromatic rings. The maximum absolute atomic E-state index is 5.13. The number of fused-ring (bicyclic) bond motifs is 1. The lowest BCUT2D eigenvalue weighted by Crippen LogP contribution is -2.32. The van der Waals surface area contributed by atoms with E-state index < -0.39 is 0 Å². The Morgan fingerprint density at radius 3 is 2.50 bits per heavy atom. The molecular weight excluding hydrogens is 396 g/mol. The molecule has 1 aliphatic rings. The molecule has 0 aliphatic carbocycles. The number of benzene rings is 1. The second-order valence-corrected chi connectivity index (χ2v) is 9.59. The summed E-state index contributed by atoms with van der Waals surface area (Å²) in [6, 6.07) is 10.3. The Morgan fingerprint density at radius 2 is 1.75 bits per heavy atom. The van der Waals surface area contributed by atoms with Gasteiger partial charge in [0.1, 0.15) is 11.6 Å². The molecule has 4 rings (SSSR count). The Kier molecular flexibility index (Phi) is 7.40. The number of hydrogen-bond donors (Lipinski definition) is 0. The van der Waals surface area contributed by atoms with Crippen LogP contribution >= 0.6 is 0 Å². The van der Waals surface area contributed by atoms with Crippen LogP contribution in [0.3, 0.4) is 0 Å². The summed E-state index contributed by atoms with van der Waals surface area (Å²) in [6.07, 6.45) is 6.60. The van der Waals surface area contributed by atoms with Crippen LogP contribution in [0, 0.1) is 5.92 Å². The van der Waals surface area contributed by atoms with Gasteiger partial charge in [0, 0.05) is 25.6 Å². The summed E-state index contributed by atoms with van der Waals surface area (Å²) in [7, 11) is 0. The van der Waals surface area contributed by atoms with E-state index in [-0.39, 0.29) is 0 Å². The van der Waals surface area contributed by atoms with Gasteiger partial charge in [-0.25, -0.2) is 14.6 Å². The summed E-state index contributed by atoms with van der Waals surface area (Å²) in [5.74, 6) is 3.08. The minimum atomic E-state index is 0.330. The Labute approximate surface area is 192 Å². The molecule has 0 saturated carbocycles. The fourth-order valence-corrected chi connectivity index (χ4v) is 4.54. The molecule has 0 amide bonds. The average Bonchev–Trinajstić information content (AvgIpc) is 3.08. The summed E-state index contributed by atoms with van der Waals surface area (Å²) in [5.41, 5.74) is 1.96. The van der Waals surface area contributed by atoms with Crippen LogP contribution in [0.1, 0.15) is 65.1 Å². The maximum atomic E-state index is 5.13. The van der Waals surface area contributed by atoms with Crippen molar-refractivity contribution in [2.24, 2.45) is 5.92 Å². The number of nitrogens with zero attached hydrogens (tertiary/aromatic N) is 6. The molecule has 6 heteroatoms. The van der Waals surface area contributed by atoms with E-state index in [1.165, 1.54) is 19.5 Å². The molecule has 0 radical (unpaired) electrons. The lowest BCUT2D eigenvalue weighted by Gasteiger charge is -2.24. The van der Waals surface area contributed by atoms with Crippen LogP contribution < -0.4 is 4.90 Å². The predicted octanol–water partition coefficient (Wildman–Crippen LogP) is 5.28. The molecule has 1 fully saturated rings. The summed E-state index contributed by atoms with van der Waals surface area (Å²) in [4.78, 5) is 15.2. The third-order valence-corrected chi connectivity index (χ3v) is 6.50. The lowest BCUT2D eigenvalue weighted by atomic mass is 10.1. The highest BCUT2D eigenvalue weighted by atomic mass is 15.3. The van der Waals surface area contributed by atoms with Crippen LogP contribution in [0.15, 0.2) is 36.5 Å². The molecule has 1 aromatic carbocycles. The molecule has 1 aliphatic heterocycles. The van der Waals surface area contributed by atoms with E-state index in [1.54, 1.807) is 0 Å². The van der Waals surface area contributed by atoms with Gasteiger partial charge in [0.15, 0.2) is 5.65 Å². The zero-order chi connectivity index (χ0) is 22.5. The summed E-state index contributed by atoms with van der Waals surface area (Å²) < 4.78 is 1.97. The van der Waals surface area contributed by atoms with E-state index in [9.17, 15) is 0 Å². The Morgan fingerprint density at radius 1 is 0.938 bits per heavy atom. The highest BCUT2D eigenvalue weighted by Gasteiger charge is 2.23. The van der Waals surface area contributed by atoms with Gasteiger partial charge in [-0.05, 0) is 50.4 Å². The Bertz CT molecular complexity index is 996. The van der Waals surface area contributed by atoms with Crippen molar-refractivity contribution in [3.8, 4) is 5.69 Å². The van der Waals surface area contributed by atoms with Gasteiger partial charge >= 0.3 is 0 Å². The van der Waals surface area contributed by atoms with E-state index in [2.05, 4.69) is 49.6 Å². The van der Waals surface area contributed by atoms with Gasteiger partial charge in [-0.3, -0.25) is 0 Å². The lowest BCUT2D eigenvalue weighted by molar-refractivity contribution is 0.275. The topological polar surface area (TPSA) is 50.1 Å². The van der Waals surface area contributed by atoms with Gasteiger partial charge in [0.2, 0.25) is 0 Å². The molecule has 32 heavy (non-hydrogen) atoms. The third kappa shape index (κ3) is 5.12. The number of aromatic nitrogens is 4. The zero-order valence-corrected chi connectivity index (χ0v) is 20.2. The van der Waals surface area contributed by atoms with Crippen molar-refractivity contribution in [3.63, 3.8) is 0 Å². The zero-order valence-electron chi connectivity index (χ0n) is 20.2. The van der Waals surface area contributed by atoms with Crippen LogP contribution in [0.2, 0.25) is 0 Å². The molecule has 1 atom stereocenters. The second kappa shape index (κ2) is 10.4. The average molecular weight is 435 g/mol. The first-order chi connectivity index (χ1) is 15.6. The van der Waals surface area contributed by atoms with Crippen molar-refractivity contribution in [1.29, 1.82) is 0 Å². The third-order valence-electron chi connectivity index (χ3n) is 6.50. The van der Waals surface area contributed by atoms with E-state index in [1.807, 2.05) is 29.1 Å². The van der Waals surface area contributed by atoms with Crippen molar-refractivity contribution in [1.82, 2.24) is 24.6 Å². The molecular formula is C26H38N6. The Balaban J connectivity index is 1.69. The van der Waals surface area contributed by atoms with Crippen molar-refractivity contribution >= 4 is 16.9 Å². The van der Waals surface area contributed by atoms with Crippen LogP contribution in [0.25, 0.3) is 16.7 Å². The second-order valence-electron chi connectivity index (χ2n) is 9.59. The minimum Gasteiger partial charge on any atom is -0.355 e. The number of hydrogen-bond acceptors (Lipinski definition) is 5. The molecule has 2 aromatic heterocycles. The van der Waals surface area contributed by atoms with Gasteiger partial charge in [-0.15, -0.1) is 0 Å². The van der Waals surface area contributed by atoms with Crippen molar-refractivity contribution in [2.75, 3.05) is 37.6 Å². The maximum Gasteiger partial charge on any atom is 0.168 e. The largest absolute Gasteiger partial charge is 0.355 e. The van der Waals surface area contributed by atoms with E-state index in [0.29, 0.717) is 5.92 Å². The number of anilines is 1. The molecule has 0 N–H and O–H groups in total. The van der Waals surface area contributed by atoms with Gasteiger partial charge in [-0.2, -0.15) is 5.10 Å². The van der Waals surface area contributed by atoms with E-state index in [0.717, 1.165) is 73.2 Å². The van der Waals surface area contributed by atoms with Crippen molar-refractivity contribution in [2.45, 2.75) is 59.3 Å². The van der Waals surface area contributed by atoms with Crippen molar-refractivity contribution in [3.05, 3.63) is 42.4 Å². The highest BCUT2D eigenvalue weighted by Crippen LogP contribution is 2.29. The van der Waals surface area contributed by atoms with Crippen LogP contribution in [-0.2, 0) is 0 Å². The number of rotatable bonds is 8. The van der Waals surface area contributed by atoms with Gasteiger partial charge in [0.05, 0.1) is 17.3 Å². The molecule has 1 saturated heterocycles.